The molecule has 1 fully saturated rings. The summed E-state index contributed by atoms with van der Waals surface area (Å²) in [4.78, 5) is 14.3. The third-order valence-corrected chi connectivity index (χ3v) is 3.30. The van der Waals surface area contributed by atoms with Crippen LogP contribution >= 0.6 is 0 Å². The molecule has 5 heteroatoms. The van der Waals surface area contributed by atoms with E-state index in [9.17, 15) is 9.18 Å². The van der Waals surface area contributed by atoms with Crippen molar-refractivity contribution in [1.82, 2.24) is 4.90 Å². The summed E-state index contributed by atoms with van der Waals surface area (Å²) in [6.07, 6.45) is 0.318. The molecule has 0 aliphatic carbocycles. The summed E-state index contributed by atoms with van der Waals surface area (Å²) in [5.74, 6) is 4.88. The standard InChI is InChI=1S/C16H18FNO3/c1-12-11-21-9-7-18(12)16(20)15-10-14(17)6-5-13(15)4-2-3-8-19/h5-6,10,12,19H,3,7-9,11H2,1H3. The van der Waals surface area contributed by atoms with Gasteiger partial charge in [0.1, 0.15) is 5.82 Å². The number of nitrogens with zero attached hydrogens (tertiary/aromatic N) is 1. The number of benzene rings is 1. The molecule has 4 nitrogen and oxygen atoms in total. The first-order chi connectivity index (χ1) is 10.1. The van der Waals surface area contributed by atoms with Gasteiger partial charge in [0.15, 0.2) is 0 Å². The van der Waals surface area contributed by atoms with Crippen LogP contribution in [0.25, 0.3) is 0 Å². The molecule has 1 N–H and O–H groups in total. The zero-order valence-electron chi connectivity index (χ0n) is 11.9. The molecule has 21 heavy (non-hydrogen) atoms. The molecule has 1 aromatic carbocycles. The minimum absolute atomic E-state index is 0.0437. The van der Waals surface area contributed by atoms with Crippen LogP contribution in [0.3, 0.4) is 0 Å². The van der Waals surface area contributed by atoms with Crippen molar-refractivity contribution < 1.29 is 19.0 Å². The fourth-order valence-electron chi connectivity index (χ4n) is 2.20. The number of rotatable bonds is 2. The van der Waals surface area contributed by atoms with Crippen molar-refractivity contribution in [3.8, 4) is 11.8 Å². The lowest BCUT2D eigenvalue weighted by atomic mass is 10.0. The van der Waals surface area contributed by atoms with E-state index in [2.05, 4.69) is 11.8 Å². The summed E-state index contributed by atoms with van der Waals surface area (Å²) in [7, 11) is 0. The molecule has 1 amide bonds. The number of carbonyl (C=O) groups excluding carboxylic acids is 1. The molecule has 1 aliphatic heterocycles. The van der Waals surface area contributed by atoms with Gasteiger partial charge in [0.05, 0.1) is 31.4 Å². The second kappa shape index (κ2) is 7.21. The zero-order chi connectivity index (χ0) is 15.2. The molecule has 0 aromatic heterocycles. The maximum Gasteiger partial charge on any atom is 0.255 e. The van der Waals surface area contributed by atoms with E-state index >= 15 is 0 Å². The fraction of sp³-hybridized carbons (Fsp3) is 0.438. The van der Waals surface area contributed by atoms with Crippen LogP contribution in [0.4, 0.5) is 4.39 Å². The molecule has 0 radical (unpaired) electrons. The summed E-state index contributed by atoms with van der Waals surface area (Å²) >= 11 is 0. The van der Waals surface area contributed by atoms with Gasteiger partial charge in [-0.1, -0.05) is 11.8 Å². The Bertz CT molecular complexity index is 577. The molecule has 1 heterocycles. The largest absolute Gasteiger partial charge is 0.395 e. The van der Waals surface area contributed by atoms with Gasteiger partial charge in [-0.05, 0) is 25.1 Å². The lowest BCUT2D eigenvalue weighted by Crippen LogP contribution is -2.47. The lowest BCUT2D eigenvalue weighted by Gasteiger charge is -2.33. The molecule has 0 bridgehead atoms. The van der Waals surface area contributed by atoms with E-state index in [4.69, 9.17) is 9.84 Å². The highest BCUT2D eigenvalue weighted by Crippen LogP contribution is 2.17. The molecule has 112 valence electrons. The fourth-order valence-corrected chi connectivity index (χ4v) is 2.20. The number of amides is 1. The predicted molar refractivity (Wildman–Crippen MR) is 76.3 cm³/mol. The first-order valence-corrected chi connectivity index (χ1v) is 6.91. The molecule has 2 rings (SSSR count). The Morgan fingerprint density at radius 3 is 3.10 bits per heavy atom. The number of morpholine rings is 1. The number of halogens is 1. The van der Waals surface area contributed by atoms with Crippen LogP contribution in [0.15, 0.2) is 18.2 Å². The van der Waals surface area contributed by atoms with Gasteiger partial charge in [0.25, 0.3) is 5.91 Å². The Labute approximate surface area is 123 Å². The summed E-state index contributed by atoms with van der Waals surface area (Å²) in [6.45, 7) is 3.30. The van der Waals surface area contributed by atoms with Crippen LogP contribution in [-0.2, 0) is 4.74 Å². The SMILES string of the molecule is CC1COCCN1C(=O)c1cc(F)ccc1C#CCCO. The minimum atomic E-state index is -0.466. The van der Waals surface area contributed by atoms with Gasteiger partial charge in [-0.15, -0.1) is 0 Å². The van der Waals surface area contributed by atoms with Gasteiger partial charge in [0, 0.05) is 18.5 Å². The van der Waals surface area contributed by atoms with Crippen molar-refractivity contribution in [3.63, 3.8) is 0 Å². The molecule has 0 spiro atoms. The maximum absolute atomic E-state index is 13.5. The van der Waals surface area contributed by atoms with Crippen LogP contribution in [0.2, 0.25) is 0 Å². The maximum atomic E-state index is 13.5. The van der Waals surface area contributed by atoms with E-state index in [-0.39, 0.29) is 24.1 Å². The summed E-state index contributed by atoms with van der Waals surface area (Å²) in [5.41, 5.74) is 0.739. The Balaban J connectivity index is 2.30. The average molecular weight is 291 g/mol. The van der Waals surface area contributed by atoms with E-state index in [1.54, 1.807) is 4.90 Å². The third-order valence-electron chi connectivity index (χ3n) is 3.30. The molecular formula is C16H18FNO3. The molecule has 1 saturated heterocycles. The zero-order valence-corrected chi connectivity index (χ0v) is 11.9. The van der Waals surface area contributed by atoms with Gasteiger partial charge in [-0.2, -0.15) is 0 Å². The van der Waals surface area contributed by atoms with Crippen molar-refractivity contribution in [2.45, 2.75) is 19.4 Å². The molecular weight excluding hydrogens is 273 g/mol. The predicted octanol–water partition coefficient (Wildman–Crippen LogP) is 1.42. The van der Waals surface area contributed by atoms with E-state index in [0.717, 1.165) is 0 Å². The molecule has 1 atom stereocenters. The van der Waals surface area contributed by atoms with Gasteiger partial charge < -0.3 is 14.7 Å². The van der Waals surface area contributed by atoms with E-state index in [1.807, 2.05) is 6.92 Å². The Morgan fingerprint density at radius 1 is 1.57 bits per heavy atom. The number of hydrogen-bond acceptors (Lipinski definition) is 3. The van der Waals surface area contributed by atoms with Gasteiger partial charge in [0.2, 0.25) is 0 Å². The number of aliphatic hydroxyl groups is 1. The topological polar surface area (TPSA) is 49.8 Å². The monoisotopic (exact) mass is 291 g/mol. The van der Waals surface area contributed by atoms with Crippen molar-refractivity contribution in [3.05, 3.63) is 35.1 Å². The first-order valence-electron chi connectivity index (χ1n) is 6.91. The molecule has 0 saturated carbocycles. The van der Waals surface area contributed by atoms with Crippen LogP contribution in [0.1, 0.15) is 29.3 Å². The van der Waals surface area contributed by atoms with E-state index < -0.39 is 5.82 Å². The number of aliphatic hydroxyl groups excluding tert-OH is 1. The highest BCUT2D eigenvalue weighted by Gasteiger charge is 2.26. The molecule has 1 unspecified atom stereocenters. The second-order valence-corrected chi connectivity index (χ2v) is 4.89. The summed E-state index contributed by atoms with van der Waals surface area (Å²) in [5, 5.41) is 8.75. The van der Waals surface area contributed by atoms with Crippen LogP contribution in [-0.4, -0.2) is 48.3 Å². The third kappa shape index (κ3) is 3.81. The van der Waals surface area contributed by atoms with Gasteiger partial charge in [-0.25, -0.2) is 4.39 Å². The highest BCUT2D eigenvalue weighted by atomic mass is 19.1. The lowest BCUT2D eigenvalue weighted by molar-refractivity contribution is 0.00355. The van der Waals surface area contributed by atoms with Gasteiger partial charge >= 0.3 is 0 Å². The first kappa shape index (κ1) is 15.5. The van der Waals surface area contributed by atoms with Crippen LogP contribution in [0, 0.1) is 17.7 Å². The number of ether oxygens (including phenoxy) is 1. The van der Waals surface area contributed by atoms with Gasteiger partial charge in [-0.3, -0.25) is 4.79 Å². The van der Waals surface area contributed by atoms with Crippen LogP contribution < -0.4 is 0 Å². The Morgan fingerprint density at radius 2 is 2.38 bits per heavy atom. The smallest absolute Gasteiger partial charge is 0.255 e. The van der Waals surface area contributed by atoms with Crippen molar-refractivity contribution in [1.29, 1.82) is 0 Å². The summed E-state index contributed by atoms with van der Waals surface area (Å²) in [6, 6.07) is 3.95. The van der Waals surface area contributed by atoms with Crippen molar-refractivity contribution >= 4 is 5.91 Å². The summed E-state index contributed by atoms with van der Waals surface area (Å²) < 4.78 is 18.8. The second-order valence-electron chi connectivity index (χ2n) is 4.89. The molecule has 1 aliphatic rings. The Hall–Kier alpha value is -1.90. The normalized spacial score (nSPS) is 18.0. The van der Waals surface area contributed by atoms with Crippen molar-refractivity contribution in [2.24, 2.45) is 0 Å². The quantitative estimate of drug-likeness (QED) is 0.838. The van der Waals surface area contributed by atoms with E-state index in [1.165, 1.54) is 18.2 Å². The minimum Gasteiger partial charge on any atom is -0.395 e. The highest BCUT2D eigenvalue weighted by molar-refractivity contribution is 5.97. The van der Waals surface area contributed by atoms with E-state index in [0.29, 0.717) is 31.7 Å². The Kier molecular flexibility index (Phi) is 5.32. The van der Waals surface area contributed by atoms with Crippen molar-refractivity contribution in [2.75, 3.05) is 26.4 Å². The number of hydrogen-bond donors (Lipinski definition) is 1. The number of carbonyl (C=O) groups is 1. The van der Waals surface area contributed by atoms with Crippen LogP contribution in [0.5, 0.6) is 0 Å². The average Bonchev–Trinajstić information content (AvgIpc) is 2.49. The molecule has 1 aromatic rings.